The maximum Gasteiger partial charge on any atom is 0.0715 e. The van der Waals surface area contributed by atoms with Crippen LogP contribution in [-0.2, 0) is 0 Å². The van der Waals surface area contributed by atoms with Crippen LogP contribution in [0.3, 0.4) is 0 Å². The highest BCUT2D eigenvalue weighted by molar-refractivity contribution is 9.10. The second-order valence-corrected chi connectivity index (χ2v) is 5.60. The summed E-state index contributed by atoms with van der Waals surface area (Å²) in [5, 5.41) is 9.70. The summed E-state index contributed by atoms with van der Waals surface area (Å²) in [5.74, 6) is 0. The zero-order valence-corrected chi connectivity index (χ0v) is 11.7. The van der Waals surface area contributed by atoms with Crippen LogP contribution in [0.25, 0.3) is 0 Å². The van der Waals surface area contributed by atoms with Gasteiger partial charge in [0.1, 0.15) is 0 Å². The molecule has 3 N–H and O–H groups in total. The Bertz CT molecular complexity index is 395. The Labute approximate surface area is 111 Å². The van der Waals surface area contributed by atoms with Crippen LogP contribution in [0.1, 0.15) is 31.4 Å². The average Bonchev–Trinajstić information content (AvgIpc) is 2.28. The first-order chi connectivity index (χ1) is 8.08. The molecule has 1 aliphatic heterocycles. The van der Waals surface area contributed by atoms with E-state index in [0.29, 0.717) is 0 Å². The van der Waals surface area contributed by atoms with Crippen LogP contribution >= 0.6 is 15.9 Å². The monoisotopic (exact) mass is 298 g/mol. The highest BCUT2D eigenvalue weighted by Crippen LogP contribution is 2.30. The molecule has 1 aliphatic rings. The normalized spacial score (nSPS) is 22.6. The zero-order valence-electron chi connectivity index (χ0n) is 10.1. The Morgan fingerprint density at radius 3 is 2.88 bits per heavy atom. The van der Waals surface area contributed by atoms with Crippen LogP contribution in [0, 0.1) is 0 Å². The molecular formula is C13H19BrN2O. The zero-order chi connectivity index (χ0) is 12.4. The molecule has 0 radical (unpaired) electrons. The number of hydrogen-bond donors (Lipinski definition) is 2. The summed E-state index contributed by atoms with van der Waals surface area (Å²) < 4.78 is 1.06. The second-order valence-electron chi connectivity index (χ2n) is 4.74. The highest BCUT2D eigenvalue weighted by Gasteiger charge is 2.19. The number of β-amino-alcohol motifs (C(OH)–C–C–N with tert-alkyl or cyclic N) is 1. The molecule has 0 aromatic heterocycles. The Kier molecular flexibility index (Phi) is 4.07. The summed E-state index contributed by atoms with van der Waals surface area (Å²) in [5.41, 5.74) is 8.13. The predicted octanol–water partition coefficient (Wildman–Crippen LogP) is 2.43. The van der Waals surface area contributed by atoms with Gasteiger partial charge in [-0.3, -0.25) is 0 Å². The van der Waals surface area contributed by atoms with E-state index in [9.17, 15) is 5.11 Å². The van der Waals surface area contributed by atoms with Gasteiger partial charge < -0.3 is 15.7 Å². The van der Waals surface area contributed by atoms with Gasteiger partial charge in [0.15, 0.2) is 0 Å². The summed E-state index contributed by atoms with van der Waals surface area (Å²) in [7, 11) is 0. The van der Waals surface area contributed by atoms with E-state index in [0.717, 1.165) is 41.7 Å². The van der Waals surface area contributed by atoms with Gasteiger partial charge in [0.05, 0.1) is 11.8 Å². The van der Waals surface area contributed by atoms with E-state index in [4.69, 9.17) is 5.73 Å². The summed E-state index contributed by atoms with van der Waals surface area (Å²) in [4.78, 5) is 2.23. The Balaban J connectivity index is 2.21. The van der Waals surface area contributed by atoms with E-state index < -0.39 is 0 Å². The molecule has 0 bridgehead atoms. The van der Waals surface area contributed by atoms with Gasteiger partial charge in [-0.2, -0.15) is 0 Å². The summed E-state index contributed by atoms with van der Waals surface area (Å²) >= 11 is 3.59. The molecule has 0 saturated carbocycles. The third kappa shape index (κ3) is 3.00. The van der Waals surface area contributed by atoms with Crippen molar-refractivity contribution in [3.63, 3.8) is 0 Å². The van der Waals surface area contributed by atoms with Crippen molar-refractivity contribution in [1.29, 1.82) is 0 Å². The minimum absolute atomic E-state index is 0.0484. The lowest BCUT2D eigenvalue weighted by molar-refractivity contribution is 0.154. The van der Waals surface area contributed by atoms with E-state index >= 15 is 0 Å². The van der Waals surface area contributed by atoms with E-state index in [2.05, 4.69) is 39.0 Å². The van der Waals surface area contributed by atoms with Crippen molar-refractivity contribution < 1.29 is 5.11 Å². The topological polar surface area (TPSA) is 49.5 Å². The van der Waals surface area contributed by atoms with Crippen molar-refractivity contribution in [1.82, 2.24) is 0 Å². The third-order valence-corrected chi connectivity index (χ3v) is 3.87. The number of nitrogens with two attached hydrogens (primary N) is 1. The number of rotatable bonds is 2. The number of piperidine rings is 1. The van der Waals surface area contributed by atoms with Gasteiger partial charge in [-0.1, -0.05) is 6.07 Å². The number of nitrogens with zero attached hydrogens (tertiary/aromatic N) is 1. The first-order valence-corrected chi connectivity index (χ1v) is 6.85. The minimum Gasteiger partial charge on any atom is -0.391 e. The molecule has 3 nitrogen and oxygen atoms in total. The highest BCUT2D eigenvalue weighted by atomic mass is 79.9. The molecule has 0 amide bonds. The van der Waals surface area contributed by atoms with Crippen molar-refractivity contribution >= 4 is 21.6 Å². The maximum atomic E-state index is 9.70. The first-order valence-electron chi connectivity index (χ1n) is 6.06. The SMILES string of the molecule is C[C@H](N)c1ccc(N2CCCC(O)C2)c(Br)c1. The number of halogens is 1. The molecule has 2 rings (SSSR count). The lowest BCUT2D eigenvalue weighted by Crippen LogP contribution is -2.38. The van der Waals surface area contributed by atoms with Crippen LogP contribution in [-0.4, -0.2) is 24.3 Å². The minimum atomic E-state index is -0.205. The van der Waals surface area contributed by atoms with Crippen LogP contribution in [0.5, 0.6) is 0 Å². The maximum absolute atomic E-state index is 9.70. The predicted molar refractivity (Wildman–Crippen MR) is 74.2 cm³/mol. The molecule has 2 atom stereocenters. The fourth-order valence-electron chi connectivity index (χ4n) is 2.24. The molecule has 1 heterocycles. The average molecular weight is 299 g/mol. The number of hydrogen-bond acceptors (Lipinski definition) is 3. The van der Waals surface area contributed by atoms with Gasteiger partial charge in [-0.05, 0) is 53.4 Å². The third-order valence-electron chi connectivity index (χ3n) is 3.23. The quantitative estimate of drug-likeness (QED) is 0.882. The van der Waals surface area contributed by atoms with Gasteiger partial charge in [0.25, 0.3) is 0 Å². The molecule has 1 fully saturated rings. The first kappa shape index (κ1) is 12.9. The fourth-order valence-corrected chi connectivity index (χ4v) is 2.88. The van der Waals surface area contributed by atoms with Crippen molar-refractivity contribution in [3.05, 3.63) is 28.2 Å². The number of aliphatic hydroxyl groups excluding tert-OH is 1. The number of aliphatic hydroxyl groups is 1. The van der Waals surface area contributed by atoms with Gasteiger partial charge >= 0.3 is 0 Å². The van der Waals surface area contributed by atoms with Crippen LogP contribution in [0.2, 0.25) is 0 Å². The van der Waals surface area contributed by atoms with E-state index in [1.807, 2.05) is 6.92 Å². The smallest absolute Gasteiger partial charge is 0.0715 e. The van der Waals surface area contributed by atoms with Crippen molar-refractivity contribution in [2.24, 2.45) is 5.73 Å². The van der Waals surface area contributed by atoms with E-state index in [-0.39, 0.29) is 12.1 Å². The molecular weight excluding hydrogens is 280 g/mol. The Morgan fingerprint density at radius 1 is 1.53 bits per heavy atom. The fraction of sp³-hybridized carbons (Fsp3) is 0.538. The Hall–Kier alpha value is -0.580. The molecule has 0 aliphatic carbocycles. The summed E-state index contributed by atoms with van der Waals surface area (Å²) in [6.07, 6.45) is 1.75. The van der Waals surface area contributed by atoms with Crippen molar-refractivity contribution in [2.45, 2.75) is 31.9 Å². The summed E-state index contributed by atoms with van der Waals surface area (Å²) in [6.45, 7) is 3.70. The summed E-state index contributed by atoms with van der Waals surface area (Å²) in [6, 6.07) is 6.26. The van der Waals surface area contributed by atoms with Crippen LogP contribution < -0.4 is 10.6 Å². The lowest BCUT2D eigenvalue weighted by atomic mass is 10.1. The molecule has 1 saturated heterocycles. The Morgan fingerprint density at radius 2 is 2.29 bits per heavy atom. The van der Waals surface area contributed by atoms with Gasteiger partial charge in [-0.15, -0.1) is 0 Å². The van der Waals surface area contributed by atoms with Gasteiger partial charge in [-0.25, -0.2) is 0 Å². The lowest BCUT2D eigenvalue weighted by Gasteiger charge is -2.32. The molecule has 1 aromatic carbocycles. The number of benzene rings is 1. The standard InChI is InChI=1S/C13H19BrN2O/c1-9(15)10-4-5-13(12(14)7-10)16-6-2-3-11(17)8-16/h4-5,7,9,11,17H,2-3,6,8,15H2,1H3/t9-,11?/m0/s1. The van der Waals surface area contributed by atoms with Crippen LogP contribution in [0.15, 0.2) is 22.7 Å². The van der Waals surface area contributed by atoms with Crippen LogP contribution in [0.4, 0.5) is 5.69 Å². The van der Waals surface area contributed by atoms with Crippen molar-refractivity contribution in [2.75, 3.05) is 18.0 Å². The van der Waals surface area contributed by atoms with Crippen molar-refractivity contribution in [3.8, 4) is 0 Å². The second kappa shape index (κ2) is 5.38. The van der Waals surface area contributed by atoms with E-state index in [1.165, 1.54) is 0 Å². The van der Waals surface area contributed by atoms with Gasteiger partial charge in [0, 0.05) is 23.6 Å². The number of anilines is 1. The van der Waals surface area contributed by atoms with Gasteiger partial charge in [0.2, 0.25) is 0 Å². The molecule has 4 heteroatoms. The molecule has 17 heavy (non-hydrogen) atoms. The molecule has 94 valence electrons. The van der Waals surface area contributed by atoms with E-state index in [1.54, 1.807) is 0 Å². The molecule has 0 spiro atoms. The largest absolute Gasteiger partial charge is 0.391 e. The molecule has 1 unspecified atom stereocenters. The molecule has 1 aromatic rings.